The molecule has 4 nitrogen and oxygen atoms in total. The van der Waals surface area contributed by atoms with Gasteiger partial charge in [0.25, 0.3) is 5.91 Å². The van der Waals surface area contributed by atoms with Crippen LogP contribution in [0.25, 0.3) is 10.4 Å². The summed E-state index contributed by atoms with van der Waals surface area (Å²) < 4.78 is 0. The van der Waals surface area contributed by atoms with E-state index in [1.54, 1.807) is 0 Å². The Kier molecular flexibility index (Phi) is 5.07. The Bertz CT molecular complexity index is 821. The Hall–Kier alpha value is -2.14. The lowest BCUT2D eigenvalue weighted by atomic mass is 9.91. The van der Waals surface area contributed by atoms with Gasteiger partial charge in [0, 0.05) is 10.9 Å². The van der Waals surface area contributed by atoms with Crippen molar-refractivity contribution in [2.45, 2.75) is 51.0 Å². The predicted molar refractivity (Wildman–Crippen MR) is 105 cm³/mol. The SMILES string of the molecule is O=C(CNC(=O)c1cc2c(s1)-c1ccccc1CC2)NC1CCCCC1. The number of fused-ring (bicyclic) bond motifs is 3. The van der Waals surface area contributed by atoms with E-state index in [1.807, 2.05) is 12.1 Å². The van der Waals surface area contributed by atoms with Crippen LogP contribution in [0, 0.1) is 0 Å². The van der Waals surface area contributed by atoms with Gasteiger partial charge in [0.2, 0.25) is 5.91 Å². The maximum absolute atomic E-state index is 12.5. The number of carbonyl (C=O) groups excluding carboxylic acids is 2. The normalized spacial score (nSPS) is 16.5. The Morgan fingerprint density at radius 3 is 2.65 bits per heavy atom. The molecule has 1 saturated carbocycles. The number of hydrogen-bond donors (Lipinski definition) is 2. The summed E-state index contributed by atoms with van der Waals surface area (Å²) in [6, 6.07) is 10.7. The second kappa shape index (κ2) is 7.62. The average Bonchev–Trinajstić information content (AvgIpc) is 3.12. The number of benzene rings is 1. The summed E-state index contributed by atoms with van der Waals surface area (Å²) in [5, 5.41) is 5.82. The molecule has 1 fully saturated rings. The number of hydrogen-bond acceptors (Lipinski definition) is 3. The van der Waals surface area contributed by atoms with Gasteiger partial charge in [0.1, 0.15) is 0 Å². The first kappa shape index (κ1) is 17.3. The van der Waals surface area contributed by atoms with Gasteiger partial charge >= 0.3 is 0 Å². The largest absolute Gasteiger partial charge is 0.352 e. The number of thiophene rings is 1. The number of nitrogens with one attached hydrogen (secondary N) is 2. The molecule has 0 atom stereocenters. The van der Waals surface area contributed by atoms with E-state index in [1.165, 1.54) is 52.2 Å². The van der Waals surface area contributed by atoms with Crippen molar-refractivity contribution in [2.75, 3.05) is 6.54 Å². The van der Waals surface area contributed by atoms with Crippen molar-refractivity contribution in [2.24, 2.45) is 0 Å². The van der Waals surface area contributed by atoms with E-state index in [9.17, 15) is 9.59 Å². The van der Waals surface area contributed by atoms with Gasteiger partial charge in [-0.15, -0.1) is 11.3 Å². The van der Waals surface area contributed by atoms with E-state index < -0.39 is 0 Å². The summed E-state index contributed by atoms with van der Waals surface area (Å²) in [5.74, 6) is -0.238. The smallest absolute Gasteiger partial charge is 0.261 e. The Morgan fingerprint density at radius 1 is 1.04 bits per heavy atom. The number of rotatable bonds is 4. The van der Waals surface area contributed by atoms with Crippen LogP contribution in [0.5, 0.6) is 0 Å². The summed E-state index contributed by atoms with van der Waals surface area (Å²) in [4.78, 5) is 26.5. The molecule has 0 radical (unpaired) electrons. The fraction of sp³-hybridized carbons (Fsp3) is 0.429. The van der Waals surface area contributed by atoms with E-state index >= 15 is 0 Å². The van der Waals surface area contributed by atoms with Crippen LogP contribution in [0.1, 0.15) is 52.9 Å². The number of amides is 2. The highest BCUT2D eigenvalue weighted by Gasteiger charge is 2.22. The van der Waals surface area contributed by atoms with Crippen LogP contribution < -0.4 is 10.6 Å². The molecule has 1 heterocycles. The first-order valence-electron chi connectivity index (χ1n) is 9.49. The molecule has 5 heteroatoms. The fourth-order valence-electron chi connectivity index (χ4n) is 3.96. The molecule has 2 N–H and O–H groups in total. The van der Waals surface area contributed by atoms with Crippen molar-refractivity contribution >= 4 is 23.2 Å². The molecule has 2 aliphatic rings. The van der Waals surface area contributed by atoms with E-state index in [0.717, 1.165) is 25.7 Å². The second-order valence-electron chi connectivity index (χ2n) is 7.21. The zero-order chi connectivity index (χ0) is 17.9. The molecule has 2 aromatic rings. The van der Waals surface area contributed by atoms with Gasteiger partial charge in [-0.1, -0.05) is 43.5 Å². The highest BCUT2D eigenvalue weighted by atomic mass is 32.1. The van der Waals surface area contributed by atoms with E-state index in [2.05, 4.69) is 28.8 Å². The molecule has 2 aliphatic carbocycles. The van der Waals surface area contributed by atoms with E-state index in [-0.39, 0.29) is 24.4 Å². The van der Waals surface area contributed by atoms with Gasteiger partial charge in [0.05, 0.1) is 11.4 Å². The van der Waals surface area contributed by atoms with Crippen molar-refractivity contribution in [3.05, 3.63) is 46.3 Å². The van der Waals surface area contributed by atoms with Crippen LogP contribution in [0.15, 0.2) is 30.3 Å². The lowest BCUT2D eigenvalue weighted by Gasteiger charge is -2.22. The van der Waals surface area contributed by atoms with E-state index in [0.29, 0.717) is 4.88 Å². The van der Waals surface area contributed by atoms with Gasteiger partial charge < -0.3 is 10.6 Å². The van der Waals surface area contributed by atoms with Crippen LogP contribution in [-0.2, 0) is 17.6 Å². The molecule has 0 aliphatic heterocycles. The third-order valence-electron chi connectivity index (χ3n) is 5.34. The van der Waals surface area contributed by atoms with Crippen molar-refractivity contribution in [1.82, 2.24) is 10.6 Å². The van der Waals surface area contributed by atoms with Gasteiger partial charge in [0.15, 0.2) is 0 Å². The summed E-state index contributed by atoms with van der Waals surface area (Å²) in [7, 11) is 0. The highest BCUT2D eigenvalue weighted by Crippen LogP contribution is 2.39. The zero-order valence-electron chi connectivity index (χ0n) is 14.8. The minimum absolute atomic E-state index is 0.0501. The van der Waals surface area contributed by atoms with Gasteiger partial charge in [-0.25, -0.2) is 0 Å². The lowest BCUT2D eigenvalue weighted by molar-refractivity contribution is -0.121. The van der Waals surface area contributed by atoms with Crippen molar-refractivity contribution in [3.63, 3.8) is 0 Å². The van der Waals surface area contributed by atoms with Crippen molar-refractivity contribution in [1.29, 1.82) is 0 Å². The molecular formula is C21H24N2O2S. The molecule has 2 amide bonds. The molecule has 26 heavy (non-hydrogen) atoms. The first-order chi connectivity index (χ1) is 12.7. The maximum atomic E-state index is 12.5. The van der Waals surface area contributed by atoms with E-state index in [4.69, 9.17) is 0 Å². The lowest BCUT2D eigenvalue weighted by Crippen LogP contribution is -2.42. The zero-order valence-corrected chi connectivity index (χ0v) is 15.7. The third-order valence-corrected chi connectivity index (χ3v) is 6.55. The van der Waals surface area contributed by atoms with Crippen LogP contribution in [0.4, 0.5) is 0 Å². The second-order valence-corrected chi connectivity index (χ2v) is 8.26. The minimum atomic E-state index is -0.152. The molecule has 136 valence electrons. The molecule has 1 aromatic carbocycles. The molecule has 0 saturated heterocycles. The molecule has 1 aromatic heterocycles. The predicted octanol–water partition coefficient (Wildman–Crippen LogP) is 3.69. The standard InChI is InChI=1S/C21H24N2O2S/c24-19(23-16-7-2-1-3-8-16)13-22-21(25)18-12-15-11-10-14-6-4-5-9-17(14)20(15)26-18/h4-6,9,12,16H,1-3,7-8,10-11,13H2,(H,22,25)(H,23,24). The summed E-state index contributed by atoms with van der Waals surface area (Å²) in [6.45, 7) is 0.0501. The topological polar surface area (TPSA) is 58.2 Å². The minimum Gasteiger partial charge on any atom is -0.352 e. The van der Waals surface area contributed by atoms with Crippen LogP contribution in [-0.4, -0.2) is 24.4 Å². The molecule has 0 spiro atoms. The van der Waals surface area contributed by atoms with Crippen molar-refractivity contribution in [3.8, 4) is 10.4 Å². The molecular weight excluding hydrogens is 344 g/mol. The van der Waals surface area contributed by atoms with Crippen molar-refractivity contribution < 1.29 is 9.59 Å². The third kappa shape index (κ3) is 3.68. The highest BCUT2D eigenvalue weighted by molar-refractivity contribution is 7.17. The van der Waals surface area contributed by atoms with Crippen LogP contribution >= 0.6 is 11.3 Å². The van der Waals surface area contributed by atoms with Crippen LogP contribution in [0.3, 0.4) is 0 Å². The monoisotopic (exact) mass is 368 g/mol. The number of carbonyl (C=O) groups is 2. The summed E-state index contributed by atoms with van der Waals surface area (Å²) in [6.07, 6.45) is 7.71. The van der Waals surface area contributed by atoms with Crippen LogP contribution in [0.2, 0.25) is 0 Å². The van der Waals surface area contributed by atoms with Gasteiger partial charge in [-0.05, 0) is 48.4 Å². The van der Waals surface area contributed by atoms with Gasteiger partial charge in [-0.3, -0.25) is 9.59 Å². The van der Waals surface area contributed by atoms with Gasteiger partial charge in [-0.2, -0.15) is 0 Å². The molecule has 4 rings (SSSR count). The first-order valence-corrected chi connectivity index (χ1v) is 10.3. The molecule has 0 bridgehead atoms. The average molecular weight is 369 g/mol. The summed E-state index contributed by atoms with van der Waals surface area (Å²) in [5.41, 5.74) is 3.83. The number of aryl methyl sites for hydroxylation is 2. The quantitative estimate of drug-likeness (QED) is 0.865. The Labute approximate surface area is 158 Å². The summed E-state index contributed by atoms with van der Waals surface area (Å²) >= 11 is 1.53. The fourth-order valence-corrected chi connectivity index (χ4v) is 5.14. The molecule has 0 unspecified atom stereocenters. The maximum Gasteiger partial charge on any atom is 0.261 e. The Morgan fingerprint density at radius 2 is 1.81 bits per heavy atom. The Balaban J connectivity index is 1.37.